The van der Waals surface area contributed by atoms with Gasteiger partial charge in [-0.1, -0.05) is 0 Å². The van der Waals surface area contributed by atoms with Gasteiger partial charge >= 0.3 is 0 Å². The number of aryl methyl sites for hydroxylation is 1. The van der Waals surface area contributed by atoms with E-state index >= 15 is 0 Å². The van der Waals surface area contributed by atoms with Gasteiger partial charge in [0, 0.05) is 46.9 Å². The quantitative estimate of drug-likeness (QED) is 0.716. The van der Waals surface area contributed by atoms with Crippen LogP contribution in [-0.2, 0) is 11.3 Å². The molecule has 0 unspecified atom stereocenters. The number of nitrogens with zero attached hydrogens (tertiary/aromatic N) is 3. The maximum atomic E-state index is 12.8. The highest BCUT2D eigenvalue weighted by Crippen LogP contribution is 2.23. The predicted molar refractivity (Wildman–Crippen MR) is 107 cm³/mol. The second-order valence-corrected chi connectivity index (χ2v) is 8.08. The van der Waals surface area contributed by atoms with Crippen molar-refractivity contribution in [3.63, 3.8) is 0 Å². The number of anilines is 1. The minimum Gasteiger partial charge on any atom is -0.343 e. The van der Waals surface area contributed by atoms with Crippen molar-refractivity contribution in [1.29, 1.82) is 0 Å². The molecule has 2 aromatic rings. The average molecular weight is 484 g/mol. The summed E-state index contributed by atoms with van der Waals surface area (Å²) in [4.78, 5) is 31.2. The molecular formula is C18H20Br2N4O2. The zero-order chi connectivity index (χ0) is 18.7. The van der Waals surface area contributed by atoms with Crippen LogP contribution in [-0.4, -0.2) is 39.4 Å². The fourth-order valence-corrected chi connectivity index (χ4v) is 3.80. The fourth-order valence-electron chi connectivity index (χ4n) is 3.10. The Kier molecular flexibility index (Phi) is 6.13. The number of nitrogens with one attached hydrogen (secondary N) is 1. The maximum absolute atomic E-state index is 12.8. The molecule has 0 bridgehead atoms. The summed E-state index contributed by atoms with van der Waals surface area (Å²) in [5.41, 5.74) is 0.682. The van der Waals surface area contributed by atoms with Gasteiger partial charge in [0.25, 0.3) is 5.91 Å². The highest BCUT2D eigenvalue weighted by Gasteiger charge is 2.29. The van der Waals surface area contributed by atoms with E-state index in [-0.39, 0.29) is 17.7 Å². The predicted octanol–water partition coefficient (Wildman–Crippen LogP) is 3.92. The lowest BCUT2D eigenvalue weighted by Gasteiger charge is -2.31. The first-order valence-electron chi connectivity index (χ1n) is 8.55. The van der Waals surface area contributed by atoms with Crippen molar-refractivity contribution in [2.75, 3.05) is 18.4 Å². The molecule has 0 saturated carbocycles. The number of likely N-dealkylation sites (tertiary alicyclic amines) is 1. The topological polar surface area (TPSA) is 67.2 Å². The normalized spacial score (nSPS) is 15.1. The van der Waals surface area contributed by atoms with Gasteiger partial charge in [-0.25, -0.2) is 4.98 Å². The van der Waals surface area contributed by atoms with Crippen LogP contribution in [0.25, 0.3) is 0 Å². The van der Waals surface area contributed by atoms with Gasteiger partial charge in [0.2, 0.25) is 5.91 Å². The number of carbonyl (C=O) groups is 2. The summed E-state index contributed by atoms with van der Waals surface area (Å²) in [6.07, 6.45) is 4.88. The van der Waals surface area contributed by atoms with E-state index in [0.717, 1.165) is 15.5 Å². The number of halogens is 2. The van der Waals surface area contributed by atoms with Crippen molar-refractivity contribution in [2.45, 2.75) is 26.3 Å². The number of aromatic nitrogens is 2. The van der Waals surface area contributed by atoms with Crippen LogP contribution in [0.2, 0.25) is 0 Å². The van der Waals surface area contributed by atoms with E-state index in [2.05, 4.69) is 42.2 Å². The molecule has 1 fully saturated rings. The molecule has 1 aliphatic heterocycles. The Morgan fingerprint density at radius 2 is 1.96 bits per heavy atom. The zero-order valence-corrected chi connectivity index (χ0v) is 17.6. The van der Waals surface area contributed by atoms with E-state index in [0.29, 0.717) is 37.4 Å². The zero-order valence-electron chi connectivity index (χ0n) is 14.4. The van der Waals surface area contributed by atoms with Gasteiger partial charge in [0.05, 0.1) is 0 Å². The molecule has 1 saturated heterocycles. The first-order chi connectivity index (χ1) is 12.5. The van der Waals surface area contributed by atoms with Crippen molar-refractivity contribution in [3.05, 3.63) is 45.2 Å². The molecule has 6 nitrogen and oxygen atoms in total. The van der Waals surface area contributed by atoms with E-state index in [9.17, 15) is 9.59 Å². The van der Waals surface area contributed by atoms with Crippen LogP contribution in [0.4, 0.5) is 5.82 Å². The number of hydrogen-bond donors (Lipinski definition) is 1. The van der Waals surface area contributed by atoms with Crippen LogP contribution in [0.5, 0.6) is 0 Å². The Hall–Kier alpha value is -1.67. The monoisotopic (exact) mass is 482 g/mol. The molecule has 2 amide bonds. The largest absolute Gasteiger partial charge is 0.343 e. The van der Waals surface area contributed by atoms with E-state index in [1.165, 1.54) is 0 Å². The maximum Gasteiger partial charge on any atom is 0.270 e. The summed E-state index contributed by atoms with van der Waals surface area (Å²) >= 11 is 6.75. The number of pyridine rings is 1. The molecule has 1 N–H and O–H groups in total. The second-order valence-electron chi connectivity index (χ2n) is 6.25. The first kappa shape index (κ1) is 19.1. The molecule has 138 valence electrons. The summed E-state index contributed by atoms with van der Waals surface area (Å²) in [7, 11) is 0. The van der Waals surface area contributed by atoms with Gasteiger partial charge < -0.3 is 14.8 Å². The lowest BCUT2D eigenvalue weighted by atomic mass is 9.95. The van der Waals surface area contributed by atoms with Gasteiger partial charge in [-0.3, -0.25) is 9.59 Å². The molecule has 0 radical (unpaired) electrons. The molecule has 3 heterocycles. The molecule has 2 aromatic heterocycles. The number of rotatable bonds is 4. The molecule has 26 heavy (non-hydrogen) atoms. The molecule has 3 rings (SSSR count). The Balaban J connectivity index is 1.57. The summed E-state index contributed by atoms with van der Waals surface area (Å²) in [6.45, 7) is 3.91. The molecule has 8 heteroatoms. The SMILES string of the molecule is CCn1cc(Br)cc1C(=O)N1CCC(C(=O)Nc2ccc(Br)cn2)CC1. The van der Waals surface area contributed by atoms with Gasteiger partial charge in [0.1, 0.15) is 11.5 Å². The van der Waals surface area contributed by atoms with Crippen molar-refractivity contribution >= 4 is 49.5 Å². The third kappa shape index (κ3) is 4.35. The summed E-state index contributed by atoms with van der Waals surface area (Å²) in [6, 6.07) is 5.45. The van der Waals surface area contributed by atoms with Crippen molar-refractivity contribution < 1.29 is 9.59 Å². The number of carbonyl (C=O) groups excluding carboxylic acids is 2. The third-order valence-electron chi connectivity index (χ3n) is 4.55. The highest BCUT2D eigenvalue weighted by molar-refractivity contribution is 9.10. The summed E-state index contributed by atoms with van der Waals surface area (Å²) in [5, 5.41) is 2.85. The smallest absolute Gasteiger partial charge is 0.270 e. The molecule has 0 spiro atoms. The Labute approximate surface area is 169 Å². The standard InChI is InChI=1S/C18H20Br2N4O2/c1-2-23-11-14(20)9-15(23)18(26)24-7-5-12(6-8-24)17(25)22-16-4-3-13(19)10-21-16/h3-4,9-12H,2,5-8H2,1H3,(H,21,22,25). The number of amides is 2. The third-order valence-corrected chi connectivity index (χ3v) is 5.46. The molecule has 0 atom stereocenters. The molecule has 1 aliphatic rings. The van der Waals surface area contributed by atoms with E-state index in [1.54, 1.807) is 12.3 Å². The number of piperidine rings is 1. The summed E-state index contributed by atoms with van der Waals surface area (Å²) in [5.74, 6) is 0.425. The minimum absolute atomic E-state index is 0.0194. The van der Waals surface area contributed by atoms with Gasteiger partial charge in [0.15, 0.2) is 0 Å². The van der Waals surface area contributed by atoms with Crippen LogP contribution in [0.3, 0.4) is 0 Å². The Morgan fingerprint density at radius 1 is 1.23 bits per heavy atom. The lowest BCUT2D eigenvalue weighted by Crippen LogP contribution is -2.42. The van der Waals surface area contributed by atoms with Gasteiger partial charge in [-0.05, 0) is 69.8 Å². The van der Waals surface area contributed by atoms with E-state index < -0.39 is 0 Å². The van der Waals surface area contributed by atoms with Crippen LogP contribution in [0.1, 0.15) is 30.3 Å². The van der Waals surface area contributed by atoms with Crippen LogP contribution in [0.15, 0.2) is 39.5 Å². The fraction of sp³-hybridized carbons (Fsp3) is 0.389. The van der Waals surface area contributed by atoms with Crippen molar-refractivity contribution in [2.24, 2.45) is 5.92 Å². The first-order valence-corrected chi connectivity index (χ1v) is 10.1. The summed E-state index contributed by atoms with van der Waals surface area (Å²) < 4.78 is 3.70. The average Bonchev–Trinajstić information content (AvgIpc) is 3.04. The van der Waals surface area contributed by atoms with Crippen LogP contribution >= 0.6 is 31.9 Å². The molecule has 0 aliphatic carbocycles. The van der Waals surface area contributed by atoms with Crippen molar-refractivity contribution in [1.82, 2.24) is 14.5 Å². The highest BCUT2D eigenvalue weighted by atomic mass is 79.9. The minimum atomic E-state index is -0.103. The Morgan fingerprint density at radius 3 is 2.58 bits per heavy atom. The van der Waals surface area contributed by atoms with Crippen LogP contribution < -0.4 is 5.32 Å². The van der Waals surface area contributed by atoms with Gasteiger partial charge in [-0.2, -0.15) is 0 Å². The van der Waals surface area contributed by atoms with E-state index in [1.807, 2.05) is 34.7 Å². The molecule has 0 aromatic carbocycles. The second kappa shape index (κ2) is 8.35. The Bertz CT molecular complexity index is 796. The van der Waals surface area contributed by atoms with E-state index in [4.69, 9.17) is 0 Å². The van der Waals surface area contributed by atoms with Gasteiger partial charge in [-0.15, -0.1) is 0 Å². The lowest BCUT2D eigenvalue weighted by molar-refractivity contribution is -0.121. The van der Waals surface area contributed by atoms with Crippen LogP contribution in [0, 0.1) is 5.92 Å². The molecular weight excluding hydrogens is 464 g/mol. The number of hydrogen-bond acceptors (Lipinski definition) is 3. The van der Waals surface area contributed by atoms with Crippen molar-refractivity contribution in [3.8, 4) is 0 Å².